The van der Waals surface area contributed by atoms with Crippen LogP contribution in [0.2, 0.25) is 0 Å². The molecule has 5 nitrogen and oxygen atoms in total. The molecule has 0 radical (unpaired) electrons. The van der Waals surface area contributed by atoms with Crippen molar-refractivity contribution in [1.29, 1.82) is 5.26 Å². The molecule has 0 spiro atoms. The minimum Gasteiger partial charge on any atom is -0.335 e. The summed E-state index contributed by atoms with van der Waals surface area (Å²) in [5, 5.41) is 13.7. The quantitative estimate of drug-likeness (QED) is 0.927. The topological polar surface area (TPSA) is 88.9 Å². The van der Waals surface area contributed by atoms with E-state index in [9.17, 15) is 17.2 Å². The molecule has 0 aliphatic heterocycles. The number of nitrogens with two attached hydrogens (primary N) is 1. The van der Waals surface area contributed by atoms with E-state index >= 15 is 0 Å². The van der Waals surface area contributed by atoms with Crippen LogP contribution in [-0.2, 0) is 23.5 Å². The molecule has 1 aromatic heterocycles. The minimum absolute atomic E-state index is 0.0798. The highest BCUT2D eigenvalue weighted by Crippen LogP contribution is 2.28. The second-order valence-electron chi connectivity index (χ2n) is 4.83. The molecule has 0 saturated carbocycles. The first-order valence-corrected chi connectivity index (χ1v) is 7.99. The fourth-order valence-electron chi connectivity index (χ4n) is 2.15. The zero-order valence-electron chi connectivity index (χ0n) is 11.7. The van der Waals surface area contributed by atoms with Crippen LogP contribution in [0.15, 0.2) is 24.3 Å². The molecule has 2 rings (SSSR count). The number of hydrogen-bond donors (Lipinski definition) is 1. The zero-order chi connectivity index (χ0) is 16.5. The Labute approximate surface area is 126 Å². The highest BCUT2D eigenvalue weighted by Gasteiger charge is 2.17. The molecule has 22 heavy (non-hydrogen) atoms. The smallest absolute Gasteiger partial charge is 0.209 e. The third-order valence-electron chi connectivity index (χ3n) is 3.27. The van der Waals surface area contributed by atoms with Gasteiger partial charge in [0.1, 0.15) is 23.4 Å². The summed E-state index contributed by atoms with van der Waals surface area (Å²) in [5.41, 5.74) is 0.433. The van der Waals surface area contributed by atoms with Gasteiger partial charge in [0.2, 0.25) is 10.0 Å². The molecular weight excluding hydrogens is 312 g/mol. The molecule has 1 aromatic carbocycles. The van der Waals surface area contributed by atoms with Gasteiger partial charge < -0.3 is 4.57 Å². The van der Waals surface area contributed by atoms with E-state index in [1.54, 1.807) is 0 Å². The fraction of sp³-hybridized carbons (Fsp3) is 0.214. The van der Waals surface area contributed by atoms with E-state index in [-0.39, 0.29) is 28.9 Å². The van der Waals surface area contributed by atoms with Gasteiger partial charge >= 0.3 is 0 Å². The van der Waals surface area contributed by atoms with Crippen LogP contribution in [0.1, 0.15) is 11.3 Å². The number of benzene rings is 1. The van der Waals surface area contributed by atoms with E-state index in [0.717, 1.165) is 12.1 Å². The van der Waals surface area contributed by atoms with Gasteiger partial charge in [-0.2, -0.15) is 5.26 Å². The van der Waals surface area contributed by atoms with Crippen molar-refractivity contribution in [3.8, 4) is 17.3 Å². The summed E-state index contributed by atoms with van der Waals surface area (Å²) in [6.07, 6.45) is -0.0798. The lowest BCUT2D eigenvalue weighted by Gasteiger charge is -2.09. The van der Waals surface area contributed by atoms with E-state index in [1.807, 2.05) is 6.07 Å². The van der Waals surface area contributed by atoms with Gasteiger partial charge in [-0.3, -0.25) is 0 Å². The zero-order valence-corrected chi connectivity index (χ0v) is 12.5. The van der Waals surface area contributed by atoms with E-state index in [2.05, 4.69) is 0 Å². The number of hydrogen-bond acceptors (Lipinski definition) is 3. The number of primary sulfonamides is 1. The number of halogens is 2. The predicted molar refractivity (Wildman–Crippen MR) is 77.2 cm³/mol. The Bertz CT molecular complexity index is 844. The fourth-order valence-corrected chi connectivity index (χ4v) is 2.67. The van der Waals surface area contributed by atoms with Gasteiger partial charge in [-0.1, -0.05) is 0 Å². The van der Waals surface area contributed by atoms with Crippen LogP contribution in [0, 0.1) is 23.0 Å². The van der Waals surface area contributed by atoms with Crippen LogP contribution in [0.5, 0.6) is 0 Å². The van der Waals surface area contributed by atoms with Crippen molar-refractivity contribution in [1.82, 2.24) is 4.57 Å². The van der Waals surface area contributed by atoms with Crippen molar-refractivity contribution >= 4 is 10.0 Å². The van der Waals surface area contributed by atoms with Gasteiger partial charge in [-0.25, -0.2) is 22.3 Å². The summed E-state index contributed by atoms with van der Waals surface area (Å²) in [6, 6.07) is 6.96. The van der Waals surface area contributed by atoms with Crippen molar-refractivity contribution in [2.24, 2.45) is 12.2 Å². The van der Waals surface area contributed by atoms with Gasteiger partial charge in [-0.15, -0.1) is 0 Å². The van der Waals surface area contributed by atoms with E-state index < -0.39 is 27.4 Å². The van der Waals surface area contributed by atoms with Gasteiger partial charge in [0.05, 0.1) is 17.0 Å². The third-order valence-corrected chi connectivity index (χ3v) is 4.04. The van der Waals surface area contributed by atoms with E-state index in [4.69, 9.17) is 10.4 Å². The van der Waals surface area contributed by atoms with Crippen LogP contribution in [0.3, 0.4) is 0 Å². The van der Waals surface area contributed by atoms with Crippen molar-refractivity contribution in [3.63, 3.8) is 0 Å². The second kappa shape index (κ2) is 5.87. The number of rotatable bonds is 4. The van der Waals surface area contributed by atoms with Crippen LogP contribution in [0.25, 0.3) is 11.3 Å². The maximum atomic E-state index is 14.2. The summed E-state index contributed by atoms with van der Waals surface area (Å²) < 4.78 is 51.6. The lowest BCUT2D eigenvalue weighted by molar-refractivity contribution is 0.581. The van der Waals surface area contributed by atoms with Gasteiger partial charge in [0.25, 0.3) is 0 Å². The average Bonchev–Trinajstić information content (AvgIpc) is 2.76. The predicted octanol–water partition coefficient (Wildman–Crippen LogP) is 1.67. The standard InChI is InChI=1S/C14H13F2N3O2S/c1-19-10(8-17)2-3-13(19)14-11(15)6-9(7-12(14)16)4-5-22(18,20)21/h2-3,6-7H,4-5H2,1H3,(H2,18,20,21). The Morgan fingerprint density at radius 3 is 2.32 bits per heavy atom. The number of sulfonamides is 1. The molecule has 2 N–H and O–H groups in total. The van der Waals surface area contributed by atoms with Crippen LogP contribution >= 0.6 is 0 Å². The molecule has 0 unspecified atom stereocenters. The summed E-state index contributed by atoms with van der Waals surface area (Å²) in [4.78, 5) is 0. The molecule has 8 heteroatoms. The minimum atomic E-state index is -3.70. The first-order chi connectivity index (χ1) is 10.2. The van der Waals surface area contributed by atoms with E-state index in [1.165, 1.54) is 23.7 Å². The second-order valence-corrected chi connectivity index (χ2v) is 6.56. The molecule has 2 aromatic rings. The monoisotopic (exact) mass is 325 g/mol. The number of nitrogens with zero attached hydrogens (tertiary/aromatic N) is 2. The number of aryl methyl sites for hydroxylation is 1. The van der Waals surface area contributed by atoms with Crippen molar-refractivity contribution < 1.29 is 17.2 Å². The molecule has 0 bridgehead atoms. The molecule has 0 aliphatic carbocycles. The highest BCUT2D eigenvalue weighted by atomic mass is 32.2. The maximum absolute atomic E-state index is 14.2. The summed E-state index contributed by atoms with van der Waals surface area (Å²) >= 11 is 0. The largest absolute Gasteiger partial charge is 0.335 e. The van der Waals surface area contributed by atoms with Crippen LogP contribution < -0.4 is 5.14 Å². The SMILES string of the molecule is Cn1c(C#N)ccc1-c1c(F)cc(CCS(N)(=O)=O)cc1F. The van der Waals surface area contributed by atoms with Crippen molar-refractivity contribution in [2.75, 3.05) is 5.75 Å². The molecule has 0 fully saturated rings. The maximum Gasteiger partial charge on any atom is 0.209 e. The first kappa shape index (κ1) is 16.1. The highest BCUT2D eigenvalue weighted by molar-refractivity contribution is 7.89. The molecular formula is C14H13F2N3O2S. The molecule has 0 atom stereocenters. The number of aromatic nitrogens is 1. The van der Waals surface area contributed by atoms with Gasteiger partial charge in [0.15, 0.2) is 0 Å². The average molecular weight is 325 g/mol. The Kier molecular flexibility index (Phi) is 4.30. The normalized spacial score (nSPS) is 11.4. The lowest BCUT2D eigenvalue weighted by atomic mass is 10.1. The van der Waals surface area contributed by atoms with Crippen molar-refractivity contribution in [2.45, 2.75) is 6.42 Å². The Morgan fingerprint density at radius 1 is 1.27 bits per heavy atom. The first-order valence-electron chi connectivity index (χ1n) is 6.27. The van der Waals surface area contributed by atoms with Gasteiger partial charge in [0, 0.05) is 7.05 Å². The van der Waals surface area contributed by atoms with Gasteiger partial charge in [-0.05, 0) is 36.2 Å². The summed E-state index contributed by atoms with van der Waals surface area (Å²) in [6.45, 7) is 0. The molecule has 1 heterocycles. The summed E-state index contributed by atoms with van der Waals surface area (Å²) in [5.74, 6) is -2.04. The Morgan fingerprint density at radius 2 is 1.86 bits per heavy atom. The lowest BCUT2D eigenvalue weighted by Crippen LogP contribution is -2.18. The van der Waals surface area contributed by atoms with Crippen LogP contribution in [0.4, 0.5) is 8.78 Å². The number of nitriles is 1. The van der Waals surface area contributed by atoms with Crippen molar-refractivity contribution in [3.05, 3.63) is 47.2 Å². The van der Waals surface area contributed by atoms with E-state index in [0.29, 0.717) is 0 Å². The molecule has 0 amide bonds. The molecule has 0 aliphatic rings. The third kappa shape index (κ3) is 3.32. The summed E-state index contributed by atoms with van der Waals surface area (Å²) in [7, 11) is -2.17. The molecule has 116 valence electrons. The Balaban J connectivity index is 2.43. The molecule has 0 saturated heterocycles. The van der Waals surface area contributed by atoms with Crippen LogP contribution in [-0.4, -0.2) is 18.7 Å². The Hall–Kier alpha value is -2.24.